The van der Waals surface area contributed by atoms with Gasteiger partial charge < -0.3 is 10.2 Å². The summed E-state index contributed by atoms with van der Waals surface area (Å²) in [5.74, 6) is -0.259. The molecule has 4 amide bonds. The number of hydrogen-bond acceptors (Lipinski definition) is 3. The summed E-state index contributed by atoms with van der Waals surface area (Å²) in [6.45, 7) is 2.54. The Morgan fingerprint density at radius 1 is 1.33 bits per heavy atom. The normalized spacial score (nSPS) is 23.9. The van der Waals surface area contributed by atoms with Crippen LogP contribution < -0.4 is 10.6 Å². The monoisotopic (exact) mass is 211 g/mol. The van der Waals surface area contributed by atoms with Gasteiger partial charge in [-0.15, -0.1) is 0 Å². The number of rotatable bonds is 0. The third-order valence-electron chi connectivity index (χ3n) is 3.08. The first-order chi connectivity index (χ1) is 7.03. The van der Waals surface area contributed by atoms with Crippen LogP contribution in [0.15, 0.2) is 0 Å². The van der Waals surface area contributed by atoms with Gasteiger partial charge in [-0.1, -0.05) is 0 Å². The fourth-order valence-corrected chi connectivity index (χ4v) is 2.08. The first kappa shape index (κ1) is 9.95. The van der Waals surface area contributed by atoms with E-state index >= 15 is 0 Å². The molecule has 0 radical (unpaired) electrons. The highest BCUT2D eigenvalue weighted by atomic mass is 16.2. The van der Waals surface area contributed by atoms with Crippen molar-refractivity contribution in [1.82, 2.24) is 15.5 Å². The molecule has 82 valence electrons. The van der Waals surface area contributed by atoms with E-state index in [1.807, 2.05) is 0 Å². The minimum absolute atomic E-state index is 0.00887. The first-order valence-corrected chi connectivity index (χ1v) is 4.93. The zero-order valence-corrected chi connectivity index (χ0v) is 8.50. The number of hydrogen-bond donors (Lipinski definition) is 2. The Balaban J connectivity index is 2.06. The van der Waals surface area contributed by atoms with E-state index in [0.29, 0.717) is 25.9 Å². The van der Waals surface area contributed by atoms with E-state index in [2.05, 4.69) is 10.6 Å². The van der Waals surface area contributed by atoms with Crippen molar-refractivity contribution in [3.63, 3.8) is 0 Å². The lowest BCUT2D eigenvalue weighted by Crippen LogP contribution is -2.55. The van der Waals surface area contributed by atoms with E-state index < -0.39 is 11.6 Å². The van der Waals surface area contributed by atoms with Crippen LogP contribution in [-0.4, -0.2) is 41.4 Å². The van der Waals surface area contributed by atoms with Crippen molar-refractivity contribution < 1.29 is 14.4 Å². The van der Waals surface area contributed by atoms with Crippen LogP contribution in [0.5, 0.6) is 0 Å². The minimum Gasteiger partial charge on any atom is -0.343 e. The van der Waals surface area contributed by atoms with Crippen LogP contribution in [0.1, 0.15) is 19.8 Å². The summed E-state index contributed by atoms with van der Waals surface area (Å²) in [7, 11) is 0. The van der Waals surface area contributed by atoms with E-state index in [0.717, 1.165) is 0 Å². The summed E-state index contributed by atoms with van der Waals surface area (Å²) < 4.78 is 0. The molecule has 2 rings (SSSR count). The van der Waals surface area contributed by atoms with Gasteiger partial charge in [0, 0.05) is 20.0 Å². The van der Waals surface area contributed by atoms with Crippen molar-refractivity contribution in [3.05, 3.63) is 0 Å². The number of likely N-dealkylation sites (tertiary alicyclic amines) is 1. The number of urea groups is 1. The Labute approximate surface area is 87.0 Å². The molecule has 15 heavy (non-hydrogen) atoms. The topological polar surface area (TPSA) is 78.5 Å². The summed E-state index contributed by atoms with van der Waals surface area (Å²) in [6, 6.07) is -0.434. The fourth-order valence-electron chi connectivity index (χ4n) is 2.08. The predicted molar refractivity (Wildman–Crippen MR) is 50.9 cm³/mol. The number of piperidine rings is 1. The van der Waals surface area contributed by atoms with Gasteiger partial charge in [-0.2, -0.15) is 0 Å². The van der Waals surface area contributed by atoms with Crippen LogP contribution in [0, 0.1) is 0 Å². The van der Waals surface area contributed by atoms with Crippen LogP contribution in [-0.2, 0) is 9.59 Å². The maximum atomic E-state index is 11.5. The van der Waals surface area contributed by atoms with Crippen molar-refractivity contribution in [2.75, 3.05) is 13.1 Å². The molecular formula is C9H13N3O3. The minimum atomic E-state index is -0.775. The van der Waals surface area contributed by atoms with Gasteiger partial charge in [-0.3, -0.25) is 14.9 Å². The van der Waals surface area contributed by atoms with Crippen molar-refractivity contribution in [2.45, 2.75) is 25.3 Å². The second-order valence-corrected chi connectivity index (χ2v) is 4.00. The Bertz CT molecular complexity index is 331. The van der Waals surface area contributed by atoms with Crippen LogP contribution in [0.4, 0.5) is 4.79 Å². The Kier molecular flexibility index (Phi) is 2.13. The van der Waals surface area contributed by atoms with Crippen molar-refractivity contribution in [2.24, 2.45) is 0 Å². The molecule has 0 atom stereocenters. The maximum absolute atomic E-state index is 11.5. The molecule has 2 fully saturated rings. The first-order valence-electron chi connectivity index (χ1n) is 4.93. The molecule has 0 aromatic rings. The molecule has 2 aliphatic rings. The number of nitrogens with zero attached hydrogens (tertiary/aromatic N) is 1. The van der Waals surface area contributed by atoms with Gasteiger partial charge in [-0.25, -0.2) is 4.79 Å². The highest BCUT2D eigenvalue weighted by Crippen LogP contribution is 2.25. The van der Waals surface area contributed by atoms with Crippen molar-refractivity contribution in [3.8, 4) is 0 Å². The summed E-state index contributed by atoms with van der Waals surface area (Å²) >= 11 is 0. The predicted octanol–water partition coefficient (Wildman–Crippen LogP) is -0.793. The zero-order chi connectivity index (χ0) is 11.1. The van der Waals surface area contributed by atoms with Crippen LogP contribution in [0.2, 0.25) is 0 Å². The average Bonchev–Trinajstić information content (AvgIpc) is 2.42. The van der Waals surface area contributed by atoms with Gasteiger partial charge in [0.15, 0.2) is 0 Å². The van der Waals surface area contributed by atoms with Gasteiger partial charge in [0.25, 0.3) is 5.91 Å². The quantitative estimate of drug-likeness (QED) is 0.515. The SMILES string of the molecule is CC(=O)N1CCC2(CC1)NC(=O)NC2=O. The molecule has 2 saturated heterocycles. The molecule has 0 bridgehead atoms. The number of carbonyl (C=O) groups excluding carboxylic acids is 3. The third kappa shape index (κ3) is 1.55. The van der Waals surface area contributed by atoms with Gasteiger partial charge in [0.05, 0.1) is 0 Å². The second-order valence-electron chi connectivity index (χ2n) is 4.00. The van der Waals surface area contributed by atoms with Gasteiger partial charge in [-0.05, 0) is 12.8 Å². The summed E-state index contributed by atoms with van der Waals surface area (Å²) in [6.07, 6.45) is 0.980. The molecule has 1 spiro atoms. The lowest BCUT2D eigenvalue weighted by molar-refractivity contribution is -0.134. The van der Waals surface area contributed by atoms with Gasteiger partial charge in [0.1, 0.15) is 5.54 Å². The molecule has 0 unspecified atom stereocenters. The molecule has 0 saturated carbocycles. The molecule has 0 aromatic carbocycles. The van der Waals surface area contributed by atoms with Crippen LogP contribution in [0.25, 0.3) is 0 Å². The number of nitrogens with one attached hydrogen (secondary N) is 2. The van der Waals surface area contributed by atoms with Crippen molar-refractivity contribution >= 4 is 17.8 Å². The molecule has 2 N–H and O–H groups in total. The zero-order valence-electron chi connectivity index (χ0n) is 8.50. The van der Waals surface area contributed by atoms with E-state index in [-0.39, 0.29) is 11.8 Å². The summed E-state index contributed by atoms with van der Waals surface area (Å²) in [5.41, 5.74) is -0.775. The smallest absolute Gasteiger partial charge is 0.322 e. The summed E-state index contributed by atoms with van der Waals surface area (Å²) in [5, 5.41) is 4.87. The molecule has 0 aliphatic carbocycles. The molecule has 6 heteroatoms. The lowest BCUT2D eigenvalue weighted by Gasteiger charge is -2.36. The number of imide groups is 1. The van der Waals surface area contributed by atoms with Crippen LogP contribution in [0.3, 0.4) is 0 Å². The highest BCUT2D eigenvalue weighted by Gasteiger charge is 2.48. The van der Waals surface area contributed by atoms with E-state index in [9.17, 15) is 14.4 Å². The van der Waals surface area contributed by atoms with E-state index in [1.165, 1.54) is 6.92 Å². The fraction of sp³-hybridized carbons (Fsp3) is 0.667. The summed E-state index contributed by atoms with van der Waals surface area (Å²) in [4.78, 5) is 35.3. The molecular weight excluding hydrogens is 198 g/mol. The lowest BCUT2D eigenvalue weighted by atomic mass is 9.88. The number of amides is 4. The molecule has 2 heterocycles. The van der Waals surface area contributed by atoms with E-state index in [1.54, 1.807) is 4.90 Å². The Morgan fingerprint density at radius 3 is 2.33 bits per heavy atom. The standard InChI is InChI=1S/C9H13N3O3/c1-6(13)12-4-2-9(3-5-12)7(14)10-8(15)11-9/h2-5H2,1H3,(H2,10,11,14,15). The Hall–Kier alpha value is -1.59. The van der Waals surface area contributed by atoms with Gasteiger partial charge >= 0.3 is 6.03 Å². The number of carbonyl (C=O) groups is 3. The second kappa shape index (κ2) is 3.22. The Morgan fingerprint density at radius 2 is 1.93 bits per heavy atom. The maximum Gasteiger partial charge on any atom is 0.322 e. The molecule has 0 aromatic heterocycles. The van der Waals surface area contributed by atoms with E-state index in [4.69, 9.17) is 0 Å². The molecule has 2 aliphatic heterocycles. The molecule has 6 nitrogen and oxygen atoms in total. The highest BCUT2D eigenvalue weighted by molar-refractivity contribution is 6.07. The average molecular weight is 211 g/mol. The largest absolute Gasteiger partial charge is 0.343 e. The van der Waals surface area contributed by atoms with Crippen LogP contribution >= 0.6 is 0 Å². The van der Waals surface area contributed by atoms with Gasteiger partial charge in [0.2, 0.25) is 5.91 Å². The third-order valence-corrected chi connectivity index (χ3v) is 3.08. The van der Waals surface area contributed by atoms with Crippen molar-refractivity contribution in [1.29, 1.82) is 0 Å².